The Morgan fingerprint density at radius 2 is 2.03 bits per heavy atom. The zero-order chi connectivity index (χ0) is 20.7. The van der Waals surface area contributed by atoms with Crippen molar-refractivity contribution in [3.05, 3.63) is 60.1 Å². The third-order valence-electron chi connectivity index (χ3n) is 5.07. The van der Waals surface area contributed by atoms with E-state index in [4.69, 9.17) is 9.41 Å². The summed E-state index contributed by atoms with van der Waals surface area (Å²) in [7, 11) is -3.30. The number of likely N-dealkylation sites (tertiary alicyclic amines) is 1. The number of nitrogens with one attached hydrogen (secondary N) is 2. The van der Waals surface area contributed by atoms with Gasteiger partial charge >= 0.3 is 0 Å². The third-order valence-corrected chi connectivity index (χ3v) is 7.03. The van der Waals surface area contributed by atoms with Gasteiger partial charge in [-0.2, -0.15) is 0 Å². The van der Waals surface area contributed by atoms with Gasteiger partial charge in [0.2, 0.25) is 10.0 Å². The van der Waals surface area contributed by atoms with Crippen molar-refractivity contribution in [1.29, 1.82) is 0 Å². The van der Waals surface area contributed by atoms with Gasteiger partial charge in [-0.05, 0) is 31.0 Å². The van der Waals surface area contributed by atoms with Crippen molar-refractivity contribution in [3.8, 4) is 0 Å². The minimum atomic E-state index is -3.30. The smallest absolute Gasteiger partial charge is 0.216 e. The molecule has 0 bridgehead atoms. The first-order chi connectivity index (χ1) is 14.0. The summed E-state index contributed by atoms with van der Waals surface area (Å²) in [6.45, 7) is 5.95. The van der Waals surface area contributed by atoms with Crippen LogP contribution in [0.1, 0.15) is 37.6 Å². The molecule has 0 spiro atoms. The molecule has 0 amide bonds. The second kappa shape index (κ2) is 11.7. The van der Waals surface area contributed by atoms with E-state index in [1.165, 1.54) is 0 Å². The fourth-order valence-electron chi connectivity index (χ4n) is 3.48. The lowest BCUT2D eigenvalue weighted by molar-refractivity contribution is 0.474. The molecule has 9 heteroatoms. The number of hydrogen-bond acceptors (Lipinski definition) is 4. The highest BCUT2D eigenvalue weighted by molar-refractivity contribution is 14.0. The number of hydrogen-bond donors (Lipinski definition) is 2. The molecule has 3 rings (SSSR count). The molecule has 0 radical (unpaired) electrons. The lowest BCUT2D eigenvalue weighted by Gasteiger charge is -2.25. The van der Waals surface area contributed by atoms with Crippen molar-refractivity contribution in [1.82, 2.24) is 14.9 Å². The van der Waals surface area contributed by atoms with Crippen LogP contribution in [-0.2, 0) is 16.4 Å². The summed E-state index contributed by atoms with van der Waals surface area (Å²) in [6.07, 6.45) is 2.95. The summed E-state index contributed by atoms with van der Waals surface area (Å²) >= 11 is 0. The van der Waals surface area contributed by atoms with Crippen LogP contribution in [0.4, 0.5) is 0 Å². The van der Waals surface area contributed by atoms with Crippen molar-refractivity contribution in [3.63, 3.8) is 0 Å². The predicted octanol–water partition coefficient (Wildman–Crippen LogP) is 3.16. The van der Waals surface area contributed by atoms with Crippen LogP contribution >= 0.6 is 24.0 Å². The monoisotopic (exact) mass is 546 g/mol. The number of sulfonamides is 1. The van der Waals surface area contributed by atoms with Crippen LogP contribution in [0.5, 0.6) is 0 Å². The molecular formula is C21H31IN4O3S. The van der Waals surface area contributed by atoms with Crippen LogP contribution in [0.2, 0.25) is 0 Å². The molecular weight excluding hydrogens is 515 g/mol. The van der Waals surface area contributed by atoms with Gasteiger partial charge in [-0.1, -0.05) is 37.3 Å². The Morgan fingerprint density at radius 3 is 2.70 bits per heavy atom. The lowest BCUT2D eigenvalue weighted by atomic mass is 10.1. The van der Waals surface area contributed by atoms with Gasteiger partial charge in [-0.3, -0.25) is 4.99 Å². The van der Waals surface area contributed by atoms with Gasteiger partial charge < -0.3 is 14.6 Å². The van der Waals surface area contributed by atoms with Crippen LogP contribution in [0.3, 0.4) is 0 Å². The highest BCUT2D eigenvalue weighted by atomic mass is 127. The van der Waals surface area contributed by atoms with Crippen LogP contribution in [0.25, 0.3) is 0 Å². The summed E-state index contributed by atoms with van der Waals surface area (Å²) in [4.78, 5) is 6.81. The van der Waals surface area contributed by atoms with Crippen LogP contribution in [-0.4, -0.2) is 50.7 Å². The van der Waals surface area contributed by atoms with Gasteiger partial charge in [0.15, 0.2) is 5.96 Å². The standard InChI is InChI=1S/C21H30N4O3S.HI/c1-3-23-29(26,27)20-12-14-25(16-20)21(22-13-11-19-10-7-15-28-19)24-17(2)18-8-5-4-6-9-18;/h4-10,15,17,20,23H,3,11-14,16H2,1-2H3,(H,22,24);1H. The molecule has 1 aromatic carbocycles. The van der Waals surface area contributed by atoms with Crippen molar-refractivity contribution in [2.75, 3.05) is 26.2 Å². The topological polar surface area (TPSA) is 86.9 Å². The van der Waals surface area contributed by atoms with E-state index in [1.54, 1.807) is 13.2 Å². The second-order valence-corrected chi connectivity index (χ2v) is 9.26. The molecule has 2 unspecified atom stereocenters. The molecule has 7 nitrogen and oxygen atoms in total. The van der Waals surface area contributed by atoms with Gasteiger partial charge in [0.1, 0.15) is 5.76 Å². The number of halogens is 1. The summed E-state index contributed by atoms with van der Waals surface area (Å²) in [5.41, 5.74) is 1.15. The van der Waals surface area contributed by atoms with Crippen molar-refractivity contribution >= 4 is 40.0 Å². The zero-order valence-corrected chi connectivity index (χ0v) is 20.6. The molecule has 166 valence electrons. The molecule has 30 heavy (non-hydrogen) atoms. The first-order valence-electron chi connectivity index (χ1n) is 10.1. The van der Waals surface area contributed by atoms with Crippen molar-refractivity contribution in [2.45, 2.75) is 38.0 Å². The lowest BCUT2D eigenvalue weighted by Crippen LogP contribution is -2.43. The first-order valence-corrected chi connectivity index (χ1v) is 11.7. The minimum absolute atomic E-state index is 0. The SMILES string of the molecule is CCNS(=O)(=O)C1CCN(C(=NCCc2ccco2)NC(C)c2ccccc2)C1.I. The third kappa shape index (κ3) is 6.71. The van der Waals surface area contributed by atoms with E-state index in [0.717, 1.165) is 17.3 Å². The van der Waals surface area contributed by atoms with Gasteiger partial charge in [0, 0.05) is 32.6 Å². The number of benzene rings is 1. The van der Waals surface area contributed by atoms with Gasteiger partial charge in [0.05, 0.1) is 17.6 Å². The number of furan rings is 1. The quantitative estimate of drug-likeness (QED) is 0.302. The summed E-state index contributed by atoms with van der Waals surface area (Å²) in [5, 5.41) is 3.06. The highest BCUT2D eigenvalue weighted by Crippen LogP contribution is 2.18. The van der Waals surface area contributed by atoms with E-state index < -0.39 is 15.3 Å². The molecule has 1 saturated heterocycles. The Bertz CT molecular complexity index is 888. The molecule has 0 saturated carbocycles. The average Bonchev–Trinajstić information content (AvgIpc) is 3.40. The molecule has 0 aliphatic carbocycles. The van der Waals surface area contributed by atoms with Crippen molar-refractivity contribution < 1.29 is 12.8 Å². The first kappa shape index (κ1) is 24.7. The summed E-state index contributed by atoms with van der Waals surface area (Å²) in [5.74, 6) is 1.63. The van der Waals surface area contributed by atoms with Gasteiger partial charge in [0.25, 0.3) is 0 Å². The fourth-order valence-corrected chi connectivity index (χ4v) is 4.91. The molecule has 2 N–H and O–H groups in total. The molecule has 2 aromatic rings. The number of guanidine groups is 1. The Balaban J connectivity index is 0.00000320. The number of rotatable bonds is 8. The van der Waals surface area contributed by atoms with E-state index >= 15 is 0 Å². The molecule has 2 atom stereocenters. The number of aliphatic imine (C=N–C) groups is 1. The summed E-state index contributed by atoms with van der Waals surface area (Å²) in [6, 6.07) is 14.0. The maximum Gasteiger partial charge on any atom is 0.216 e. The second-order valence-electron chi connectivity index (χ2n) is 7.21. The maximum absolute atomic E-state index is 12.4. The number of nitrogens with zero attached hydrogens (tertiary/aromatic N) is 2. The van der Waals surface area contributed by atoms with E-state index in [1.807, 2.05) is 35.2 Å². The zero-order valence-electron chi connectivity index (χ0n) is 17.5. The molecule has 1 fully saturated rings. The maximum atomic E-state index is 12.4. The molecule has 1 aliphatic heterocycles. The summed E-state index contributed by atoms with van der Waals surface area (Å²) < 4.78 is 32.8. The Kier molecular flexibility index (Phi) is 9.63. The normalized spacial score (nSPS) is 18.1. The van der Waals surface area contributed by atoms with Gasteiger partial charge in [-0.15, -0.1) is 24.0 Å². The van der Waals surface area contributed by atoms with Crippen LogP contribution < -0.4 is 10.0 Å². The van der Waals surface area contributed by atoms with E-state index in [9.17, 15) is 8.42 Å². The largest absolute Gasteiger partial charge is 0.469 e. The average molecular weight is 546 g/mol. The molecule has 1 aliphatic rings. The Morgan fingerprint density at radius 1 is 1.27 bits per heavy atom. The van der Waals surface area contributed by atoms with E-state index in [2.05, 4.69) is 29.1 Å². The van der Waals surface area contributed by atoms with E-state index in [0.29, 0.717) is 39.0 Å². The Hall–Kier alpha value is -1.59. The highest BCUT2D eigenvalue weighted by Gasteiger charge is 2.34. The Labute approximate surface area is 196 Å². The van der Waals surface area contributed by atoms with Crippen LogP contribution in [0.15, 0.2) is 58.1 Å². The van der Waals surface area contributed by atoms with E-state index in [-0.39, 0.29) is 30.0 Å². The predicted molar refractivity (Wildman–Crippen MR) is 131 cm³/mol. The fraction of sp³-hybridized carbons (Fsp3) is 0.476. The van der Waals surface area contributed by atoms with Crippen molar-refractivity contribution in [2.24, 2.45) is 4.99 Å². The molecule has 1 aromatic heterocycles. The van der Waals surface area contributed by atoms with Gasteiger partial charge in [-0.25, -0.2) is 13.1 Å². The minimum Gasteiger partial charge on any atom is -0.469 e. The van der Waals surface area contributed by atoms with Crippen LogP contribution in [0, 0.1) is 0 Å². The molecule has 2 heterocycles.